The molecule has 0 atom stereocenters. The van der Waals surface area contributed by atoms with Gasteiger partial charge in [0.25, 0.3) is 0 Å². The Kier molecular flexibility index (Phi) is 4.55. The summed E-state index contributed by atoms with van der Waals surface area (Å²) in [5, 5.41) is 0. The minimum Gasteiger partial charge on any atom is -0.490 e. The normalized spacial score (nSPS) is 10.1. The van der Waals surface area contributed by atoms with E-state index in [1.807, 2.05) is 42.5 Å². The van der Waals surface area contributed by atoms with Crippen LogP contribution < -0.4 is 4.74 Å². The maximum absolute atomic E-state index is 5.50. The fraction of sp³-hybridized carbons (Fsp3) is 0.214. The van der Waals surface area contributed by atoms with Gasteiger partial charge in [-0.25, -0.2) is 0 Å². The van der Waals surface area contributed by atoms with Gasteiger partial charge in [-0.1, -0.05) is 30.3 Å². The van der Waals surface area contributed by atoms with E-state index in [2.05, 4.69) is 4.98 Å². The molecule has 1 aromatic heterocycles. The molecule has 88 valence electrons. The summed E-state index contributed by atoms with van der Waals surface area (Å²) in [4.78, 5) is 3.97. The number of ether oxygens (including phenoxy) is 2. The third kappa shape index (κ3) is 4.25. The summed E-state index contributed by atoms with van der Waals surface area (Å²) in [5.74, 6) is 0.774. The first kappa shape index (κ1) is 11.6. The number of benzene rings is 1. The van der Waals surface area contributed by atoms with Gasteiger partial charge in [0.1, 0.15) is 12.4 Å². The van der Waals surface area contributed by atoms with Gasteiger partial charge in [-0.2, -0.15) is 0 Å². The van der Waals surface area contributed by atoms with Crippen LogP contribution in [0.1, 0.15) is 5.56 Å². The molecule has 1 heterocycles. The highest BCUT2D eigenvalue weighted by molar-refractivity contribution is 5.15. The Bertz CT molecular complexity index is 375. The lowest BCUT2D eigenvalue weighted by Crippen LogP contribution is -2.06. The lowest BCUT2D eigenvalue weighted by Gasteiger charge is -2.06. The van der Waals surface area contributed by atoms with Crippen molar-refractivity contribution in [2.45, 2.75) is 6.61 Å². The standard InChI is InChI=1S/C14H15NO2/c1-2-5-13(6-3-1)12-16-9-10-17-14-7-4-8-15-11-14/h1-8,11H,9-10,12H2. The number of nitrogens with zero attached hydrogens (tertiary/aromatic N) is 1. The van der Waals surface area contributed by atoms with Crippen LogP contribution in [0, 0.1) is 0 Å². The first-order chi connectivity index (χ1) is 8.45. The highest BCUT2D eigenvalue weighted by atomic mass is 16.5. The van der Waals surface area contributed by atoms with Crippen LogP contribution in [0.4, 0.5) is 0 Å². The molecule has 17 heavy (non-hydrogen) atoms. The van der Waals surface area contributed by atoms with Crippen LogP contribution in [0.2, 0.25) is 0 Å². The van der Waals surface area contributed by atoms with Gasteiger partial charge in [-0.05, 0) is 17.7 Å². The lowest BCUT2D eigenvalue weighted by atomic mass is 10.2. The third-order valence-electron chi connectivity index (χ3n) is 2.24. The SMILES string of the molecule is c1ccc(COCCOc2cccnc2)cc1. The number of aromatic nitrogens is 1. The summed E-state index contributed by atoms with van der Waals surface area (Å²) in [6.45, 7) is 1.74. The predicted octanol–water partition coefficient (Wildman–Crippen LogP) is 2.68. The van der Waals surface area contributed by atoms with E-state index in [4.69, 9.17) is 9.47 Å². The van der Waals surface area contributed by atoms with E-state index in [-0.39, 0.29) is 0 Å². The van der Waals surface area contributed by atoms with Crippen molar-refractivity contribution < 1.29 is 9.47 Å². The molecule has 0 saturated carbocycles. The average Bonchev–Trinajstić information content (AvgIpc) is 2.41. The first-order valence-electron chi connectivity index (χ1n) is 5.59. The molecule has 2 rings (SSSR count). The highest BCUT2D eigenvalue weighted by Gasteiger charge is 1.94. The molecule has 0 fully saturated rings. The molecular formula is C14H15NO2. The van der Waals surface area contributed by atoms with Crippen molar-refractivity contribution >= 4 is 0 Å². The van der Waals surface area contributed by atoms with Gasteiger partial charge in [0.05, 0.1) is 19.4 Å². The summed E-state index contributed by atoms with van der Waals surface area (Å²) in [7, 11) is 0. The van der Waals surface area contributed by atoms with Crippen LogP contribution in [-0.4, -0.2) is 18.2 Å². The van der Waals surface area contributed by atoms with E-state index in [9.17, 15) is 0 Å². The Morgan fingerprint density at radius 2 is 1.82 bits per heavy atom. The molecule has 2 aromatic rings. The molecule has 0 radical (unpaired) electrons. The number of rotatable bonds is 6. The largest absolute Gasteiger partial charge is 0.490 e. The second-order valence-electron chi connectivity index (χ2n) is 3.58. The van der Waals surface area contributed by atoms with Crippen molar-refractivity contribution in [2.24, 2.45) is 0 Å². The van der Waals surface area contributed by atoms with Crippen molar-refractivity contribution in [3.05, 3.63) is 60.4 Å². The minimum atomic E-state index is 0.540. The topological polar surface area (TPSA) is 31.4 Å². The van der Waals surface area contributed by atoms with Crippen molar-refractivity contribution in [1.29, 1.82) is 0 Å². The van der Waals surface area contributed by atoms with Crippen molar-refractivity contribution in [3.8, 4) is 5.75 Å². The van der Waals surface area contributed by atoms with Gasteiger partial charge in [0, 0.05) is 6.20 Å². The smallest absolute Gasteiger partial charge is 0.137 e. The van der Waals surface area contributed by atoms with E-state index < -0.39 is 0 Å². The zero-order valence-corrected chi connectivity index (χ0v) is 9.58. The summed E-state index contributed by atoms with van der Waals surface area (Å²) in [6.07, 6.45) is 3.41. The van der Waals surface area contributed by atoms with Gasteiger partial charge in [0.15, 0.2) is 0 Å². The second kappa shape index (κ2) is 6.66. The van der Waals surface area contributed by atoms with Crippen LogP contribution in [0.5, 0.6) is 5.75 Å². The summed E-state index contributed by atoms with van der Waals surface area (Å²) in [6, 6.07) is 13.8. The van der Waals surface area contributed by atoms with Crippen molar-refractivity contribution in [1.82, 2.24) is 4.98 Å². The predicted molar refractivity (Wildman–Crippen MR) is 65.8 cm³/mol. The maximum atomic E-state index is 5.50. The molecule has 1 aromatic carbocycles. The molecule has 3 nitrogen and oxygen atoms in total. The average molecular weight is 229 g/mol. The van der Waals surface area contributed by atoms with Crippen LogP contribution in [0.25, 0.3) is 0 Å². The Morgan fingerprint density at radius 3 is 2.59 bits per heavy atom. The molecule has 0 aliphatic heterocycles. The fourth-order valence-electron chi connectivity index (χ4n) is 1.42. The van der Waals surface area contributed by atoms with E-state index in [0.29, 0.717) is 19.8 Å². The molecule has 0 amide bonds. The number of pyridine rings is 1. The third-order valence-corrected chi connectivity index (χ3v) is 2.24. The molecule has 0 N–H and O–H groups in total. The fourth-order valence-corrected chi connectivity index (χ4v) is 1.42. The molecular weight excluding hydrogens is 214 g/mol. The molecule has 0 aliphatic rings. The first-order valence-corrected chi connectivity index (χ1v) is 5.59. The summed E-state index contributed by atoms with van der Waals surface area (Å²) < 4.78 is 11.0. The van der Waals surface area contributed by atoms with Gasteiger partial charge in [-0.3, -0.25) is 4.98 Å². The van der Waals surface area contributed by atoms with E-state index in [1.54, 1.807) is 12.4 Å². The molecule has 0 saturated heterocycles. The van der Waals surface area contributed by atoms with Crippen LogP contribution in [-0.2, 0) is 11.3 Å². The Morgan fingerprint density at radius 1 is 0.941 bits per heavy atom. The second-order valence-corrected chi connectivity index (χ2v) is 3.58. The maximum Gasteiger partial charge on any atom is 0.137 e. The summed E-state index contributed by atoms with van der Waals surface area (Å²) >= 11 is 0. The van der Waals surface area contributed by atoms with Crippen LogP contribution in [0.15, 0.2) is 54.9 Å². The zero-order chi connectivity index (χ0) is 11.8. The monoisotopic (exact) mass is 229 g/mol. The molecule has 0 unspecified atom stereocenters. The van der Waals surface area contributed by atoms with Gasteiger partial charge in [-0.15, -0.1) is 0 Å². The van der Waals surface area contributed by atoms with E-state index >= 15 is 0 Å². The number of hydrogen-bond acceptors (Lipinski definition) is 3. The van der Waals surface area contributed by atoms with E-state index in [1.165, 1.54) is 5.56 Å². The van der Waals surface area contributed by atoms with E-state index in [0.717, 1.165) is 5.75 Å². The Hall–Kier alpha value is -1.87. The summed E-state index contributed by atoms with van der Waals surface area (Å²) in [5.41, 5.74) is 1.17. The van der Waals surface area contributed by atoms with Crippen molar-refractivity contribution in [3.63, 3.8) is 0 Å². The Labute approximate surface area is 101 Å². The van der Waals surface area contributed by atoms with Gasteiger partial charge >= 0.3 is 0 Å². The van der Waals surface area contributed by atoms with Gasteiger partial charge < -0.3 is 9.47 Å². The molecule has 0 bridgehead atoms. The van der Waals surface area contributed by atoms with Crippen LogP contribution >= 0.6 is 0 Å². The van der Waals surface area contributed by atoms with Gasteiger partial charge in [0.2, 0.25) is 0 Å². The zero-order valence-electron chi connectivity index (χ0n) is 9.58. The lowest BCUT2D eigenvalue weighted by molar-refractivity contribution is 0.0888. The molecule has 0 aliphatic carbocycles. The number of hydrogen-bond donors (Lipinski definition) is 0. The van der Waals surface area contributed by atoms with Crippen LogP contribution in [0.3, 0.4) is 0 Å². The quantitative estimate of drug-likeness (QED) is 0.714. The minimum absolute atomic E-state index is 0.540. The molecule has 3 heteroatoms. The Balaban J connectivity index is 1.61. The van der Waals surface area contributed by atoms with Crippen molar-refractivity contribution in [2.75, 3.05) is 13.2 Å². The highest BCUT2D eigenvalue weighted by Crippen LogP contribution is 2.06. The molecule has 0 spiro atoms.